The fourth-order valence-electron chi connectivity index (χ4n) is 1.55. The van der Waals surface area contributed by atoms with Crippen LogP contribution in [0.3, 0.4) is 0 Å². The molecule has 1 aromatic heterocycles. The van der Waals surface area contributed by atoms with Gasteiger partial charge in [-0.3, -0.25) is 0 Å². The van der Waals surface area contributed by atoms with Gasteiger partial charge in [0.2, 0.25) is 0 Å². The van der Waals surface area contributed by atoms with E-state index < -0.39 is 18.0 Å². The van der Waals surface area contributed by atoms with E-state index in [2.05, 4.69) is 10.6 Å². The van der Waals surface area contributed by atoms with Crippen molar-refractivity contribution < 1.29 is 19.4 Å². The van der Waals surface area contributed by atoms with E-state index in [1.54, 1.807) is 11.3 Å². The van der Waals surface area contributed by atoms with Crippen molar-refractivity contribution in [3.8, 4) is 0 Å². The summed E-state index contributed by atoms with van der Waals surface area (Å²) in [5, 5.41) is 15.8. The van der Waals surface area contributed by atoms with Gasteiger partial charge in [0.15, 0.2) is 6.04 Å². The number of methoxy groups -OCH3 is 1. The Hall–Kier alpha value is -1.60. The highest BCUT2D eigenvalue weighted by atomic mass is 32.1. The van der Waals surface area contributed by atoms with Gasteiger partial charge in [0.1, 0.15) is 0 Å². The molecule has 0 saturated carbocycles. The van der Waals surface area contributed by atoms with E-state index in [4.69, 9.17) is 9.84 Å². The number of hydrogen-bond acceptors (Lipinski definition) is 4. The quantitative estimate of drug-likeness (QED) is 0.703. The third kappa shape index (κ3) is 4.88. The number of urea groups is 1. The zero-order valence-corrected chi connectivity index (χ0v) is 11.8. The van der Waals surface area contributed by atoms with E-state index in [0.29, 0.717) is 6.54 Å². The molecule has 3 N–H and O–H groups in total. The number of hydrogen-bond donors (Lipinski definition) is 3. The predicted octanol–water partition coefficient (Wildman–Crippen LogP) is 1.21. The number of thiophene rings is 1. The lowest BCUT2D eigenvalue weighted by Gasteiger charge is -2.14. The summed E-state index contributed by atoms with van der Waals surface area (Å²) in [5.74, 6) is -1.12. The second-order valence-electron chi connectivity index (χ2n) is 3.90. The number of ether oxygens (including phenoxy) is 1. The fraction of sp³-hybridized carbons (Fsp3) is 0.500. The van der Waals surface area contributed by atoms with Crippen LogP contribution in [-0.2, 0) is 22.5 Å². The molecule has 1 aromatic rings. The van der Waals surface area contributed by atoms with Crippen LogP contribution in [0.15, 0.2) is 11.4 Å². The van der Waals surface area contributed by atoms with Crippen molar-refractivity contribution in [1.82, 2.24) is 10.6 Å². The molecule has 0 spiro atoms. The van der Waals surface area contributed by atoms with Crippen LogP contribution >= 0.6 is 11.3 Å². The molecule has 0 aliphatic carbocycles. The lowest BCUT2D eigenvalue weighted by Crippen LogP contribution is -2.48. The second kappa shape index (κ2) is 7.75. The first-order valence-corrected chi connectivity index (χ1v) is 6.77. The molecular weight excluding hydrogens is 268 g/mol. The second-order valence-corrected chi connectivity index (χ2v) is 4.90. The number of carboxylic acids is 1. The summed E-state index contributed by atoms with van der Waals surface area (Å²) in [6, 6.07) is 0.462. The predicted molar refractivity (Wildman–Crippen MR) is 72.4 cm³/mol. The molecule has 106 valence electrons. The molecule has 0 bridgehead atoms. The number of rotatable bonds is 7. The van der Waals surface area contributed by atoms with Crippen molar-refractivity contribution in [3.05, 3.63) is 21.9 Å². The van der Waals surface area contributed by atoms with E-state index in [-0.39, 0.29) is 6.61 Å². The Bertz CT molecular complexity index is 433. The summed E-state index contributed by atoms with van der Waals surface area (Å²) in [5.41, 5.74) is 1.19. The number of aliphatic carboxylic acids is 1. The number of carbonyl (C=O) groups excluding carboxylic acids is 1. The molecule has 19 heavy (non-hydrogen) atoms. The van der Waals surface area contributed by atoms with Crippen molar-refractivity contribution >= 4 is 23.3 Å². The van der Waals surface area contributed by atoms with Gasteiger partial charge in [-0.15, -0.1) is 11.3 Å². The zero-order chi connectivity index (χ0) is 14.3. The molecule has 6 nitrogen and oxygen atoms in total. The van der Waals surface area contributed by atoms with Crippen molar-refractivity contribution in [1.29, 1.82) is 0 Å². The lowest BCUT2D eigenvalue weighted by molar-refractivity contribution is -0.140. The molecule has 1 heterocycles. The maximum absolute atomic E-state index is 11.6. The molecule has 0 aliphatic heterocycles. The first kappa shape index (κ1) is 15.5. The summed E-state index contributed by atoms with van der Waals surface area (Å²) in [4.78, 5) is 23.5. The van der Waals surface area contributed by atoms with Gasteiger partial charge in [-0.25, -0.2) is 9.59 Å². The normalized spacial score (nSPS) is 11.9. The third-order valence-electron chi connectivity index (χ3n) is 2.56. The van der Waals surface area contributed by atoms with Crippen molar-refractivity contribution in [2.45, 2.75) is 25.9 Å². The fourth-order valence-corrected chi connectivity index (χ4v) is 2.46. The van der Waals surface area contributed by atoms with Crippen LogP contribution in [0.5, 0.6) is 0 Å². The van der Waals surface area contributed by atoms with Gasteiger partial charge in [0, 0.05) is 12.0 Å². The first-order valence-electron chi connectivity index (χ1n) is 5.89. The first-order chi connectivity index (χ1) is 9.08. The molecule has 1 rings (SSSR count). The summed E-state index contributed by atoms with van der Waals surface area (Å²) in [6.45, 7) is 2.37. The van der Waals surface area contributed by atoms with E-state index in [9.17, 15) is 9.59 Å². The zero-order valence-electron chi connectivity index (χ0n) is 10.9. The SMILES string of the molecule is CCc1ccsc1CNC(=O)NC(COC)C(=O)O. The van der Waals surface area contributed by atoms with Crippen LogP contribution in [0.25, 0.3) is 0 Å². The molecule has 1 unspecified atom stereocenters. The summed E-state index contributed by atoms with van der Waals surface area (Å²) < 4.78 is 4.73. The Morgan fingerprint density at radius 2 is 2.26 bits per heavy atom. The Morgan fingerprint density at radius 3 is 2.84 bits per heavy atom. The van der Waals surface area contributed by atoms with E-state index >= 15 is 0 Å². The van der Waals surface area contributed by atoms with Crippen LogP contribution < -0.4 is 10.6 Å². The molecule has 0 saturated heterocycles. The Kier molecular flexibility index (Phi) is 6.31. The largest absolute Gasteiger partial charge is 0.480 e. The van der Waals surface area contributed by atoms with Gasteiger partial charge >= 0.3 is 12.0 Å². The van der Waals surface area contributed by atoms with E-state index in [0.717, 1.165) is 11.3 Å². The number of carboxylic acid groups (broad SMARTS) is 1. The van der Waals surface area contributed by atoms with Crippen molar-refractivity contribution in [2.75, 3.05) is 13.7 Å². The van der Waals surface area contributed by atoms with Crippen LogP contribution in [0.2, 0.25) is 0 Å². The molecule has 1 atom stereocenters. The molecule has 0 fully saturated rings. The summed E-state index contributed by atoms with van der Waals surface area (Å²) in [7, 11) is 1.38. The molecule has 2 amide bonds. The number of amides is 2. The Balaban J connectivity index is 2.44. The Morgan fingerprint density at radius 1 is 1.53 bits per heavy atom. The highest BCUT2D eigenvalue weighted by molar-refractivity contribution is 7.10. The minimum atomic E-state index is -1.12. The molecule has 0 aliphatic rings. The number of carbonyl (C=O) groups is 2. The van der Waals surface area contributed by atoms with Gasteiger partial charge in [0.05, 0.1) is 13.2 Å². The number of nitrogens with one attached hydrogen (secondary N) is 2. The minimum Gasteiger partial charge on any atom is -0.480 e. The van der Waals surface area contributed by atoms with Gasteiger partial charge in [-0.2, -0.15) is 0 Å². The van der Waals surface area contributed by atoms with Crippen LogP contribution in [-0.4, -0.2) is 36.9 Å². The van der Waals surface area contributed by atoms with Gasteiger partial charge in [0.25, 0.3) is 0 Å². The number of aryl methyl sites for hydroxylation is 1. The topological polar surface area (TPSA) is 87.7 Å². The summed E-state index contributed by atoms with van der Waals surface area (Å²) in [6.07, 6.45) is 0.906. The maximum Gasteiger partial charge on any atom is 0.328 e. The van der Waals surface area contributed by atoms with Crippen molar-refractivity contribution in [3.63, 3.8) is 0 Å². The highest BCUT2D eigenvalue weighted by Crippen LogP contribution is 2.16. The van der Waals surface area contributed by atoms with Crippen LogP contribution in [0.1, 0.15) is 17.4 Å². The average Bonchev–Trinajstić information content (AvgIpc) is 2.83. The van der Waals surface area contributed by atoms with E-state index in [1.807, 2.05) is 18.4 Å². The monoisotopic (exact) mass is 286 g/mol. The van der Waals surface area contributed by atoms with Crippen LogP contribution in [0, 0.1) is 0 Å². The smallest absolute Gasteiger partial charge is 0.328 e. The standard InChI is InChI=1S/C12H18N2O4S/c1-3-8-4-5-19-10(8)6-13-12(17)14-9(7-18-2)11(15)16/h4-5,9H,3,6-7H2,1-2H3,(H,15,16)(H2,13,14,17). The van der Waals surface area contributed by atoms with Crippen molar-refractivity contribution in [2.24, 2.45) is 0 Å². The lowest BCUT2D eigenvalue weighted by atomic mass is 10.2. The average molecular weight is 286 g/mol. The molecule has 0 radical (unpaired) electrons. The summed E-state index contributed by atoms with van der Waals surface area (Å²) >= 11 is 1.57. The third-order valence-corrected chi connectivity index (χ3v) is 3.53. The Labute approximate surface area is 115 Å². The van der Waals surface area contributed by atoms with Gasteiger partial charge in [-0.1, -0.05) is 6.92 Å². The molecule has 0 aromatic carbocycles. The van der Waals surface area contributed by atoms with Gasteiger partial charge < -0.3 is 20.5 Å². The maximum atomic E-state index is 11.6. The molecular formula is C12H18N2O4S. The highest BCUT2D eigenvalue weighted by Gasteiger charge is 2.19. The van der Waals surface area contributed by atoms with E-state index in [1.165, 1.54) is 12.7 Å². The molecule has 7 heteroatoms. The van der Waals surface area contributed by atoms with Crippen LogP contribution in [0.4, 0.5) is 4.79 Å². The van der Waals surface area contributed by atoms with Gasteiger partial charge in [-0.05, 0) is 23.4 Å². The minimum absolute atomic E-state index is 0.0675.